The van der Waals surface area contributed by atoms with Crippen LogP contribution in [0.25, 0.3) is 0 Å². The van der Waals surface area contributed by atoms with E-state index in [9.17, 15) is 8.42 Å². The summed E-state index contributed by atoms with van der Waals surface area (Å²) in [7, 11) is -2.97. The van der Waals surface area contributed by atoms with Crippen LogP contribution in [0.1, 0.15) is 6.92 Å². The van der Waals surface area contributed by atoms with Gasteiger partial charge in [-0.2, -0.15) is 0 Å². The zero-order chi connectivity index (χ0) is 14.5. The molecule has 2 atom stereocenters. The van der Waals surface area contributed by atoms with Crippen molar-refractivity contribution in [1.29, 1.82) is 0 Å². The van der Waals surface area contributed by atoms with Gasteiger partial charge in [-0.25, -0.2) is 8.42 Å². The van der Waals surface area contributed by atoms with E-state index in [4.69, 9.17) is 12.2 Å². The number of likely N-dealkylation sites (N-methyl/N-ethyl adjacent to an activating group) is 1. The van der Waals surface area contributed by atoms with Crippen molar-refractivity contribution >= 4 is 48.8 Å². The normalized spacial score (nSPS) is 28.0. The lowest BCUT2D eigenvalue weighted by Gasteiger charge is -2.24. The van der Waals surface area contributed by atoms with Gasteiger partial charge in [0.05, 0.1) is 23.6 Å². The van der Waals surface area contributed by atoms with Gasteiger partial charge in [-0.1, -0.05) is 15.9 Å². The first-order chi connectivity index (χ1) is 9.43. The first-order valence-corrected chi connectivity index (χ1v) is 9.51. The summed E-state index contributed by atoms with van der Waals surface area (Å²) in [5, 5.41) is 0.736. The summed E-state index contributed by atoms with van der Waals surface area (Å²) in [6.45, 7) is 2.75. The van der Waals surface area contributed by atoms with Crippen LogP contribution < -0.4 is 4.90 Å². The van der Waals surface area contributed by atoms with Crippen molar-refractivity contribution in [2.45, 2.75) is 19.0 Å². The number of halogens is 1. The van der Waals surface area contributed by atoms with Crippen molar-refractivity contribution in [3.63, 3.8) is 0 Å². The lowest BCUT2D eigenvalue weighted by atomic mass is 10.1. The average Bonchev–Trinajstić information content (AvgIpc) is 2.80. The molecule has 0 amide bonds. The van der Waals surface area contributed by atoms with E-state index in [1.165, 1.54) is 0 Å². The summed E-state index contributed by atoms with van der Waals surface area (Å²) >= 11 is 8.96. The fraction of sp³-hybridized carbons (Fsp3) is 0.462. The van der Waals surface area contributed by atoms with E-state index in [0.717, 1.165) is 21.8 Å². The Morgan fingerprint density at radius 1 is 1.25 bits per heavy atom. The number of rotatable bonds is 2. The van der Waals surface area contributed by atoms with E-state index in [0.29, 0.717) is 0 Å². The van der Waals surface area contributed by atoms with Crippen LogP contribution >= 0.6 is 28.1 Å². The van der Waals surface area contributed by atoms with Crippen molar-refractivity contribution in [3.05, 3.63) is 28.7 Å². The Balaban J connectivity index is 2.01. The van der Waals surface area contributed by atoms with Crippen molar-refractivity contribution in [3.8, 4) is 0 Å². The predicted molar refractivity (Wildman–Crippen MR) is 87.8 cm³/mol. The van der Waals surface area contributed by atoms with Gasteiger partial charge in [0.15, 0.2) is 14.9 Å². The molecule has 2 heterocycles. The van der Waals surface area contributed by atoms with E-state index in [1.54, 1.807) is 0 Å². The molecule has 0 aromatic heterocycles. The second kappa shape index (κ2) is 4.96. The van der Waals surface area contributed by atoms with Crippen LogP contribution in [0.15, 0.2) is 28.7 Å². The molecule has 0 radical (unpaired) electrons. The van der Waals surface area contributed by atoms with Crippen molar-refractivity contribution in [2.24, 2.45) is 0 Å². The summed E-state index contributed by atoms with van der Waals surface area (Å²) in [4.78, 5) is 4.03. The van der Waals surface area contributed by atoms with Gasteiger partial charge in [-0.15, -0.1) is 0 Å². The Morgan fingerprint density at radius 3 is 2.45 bits per heavy atom. The summed E-state index contributed by atoms with van der Waals surface area (Å²) in [6, 6.07) is 7.76. The molecule has 1 aromatic carbocycles. The number of fused-ring (bicyclic) bond motifs is 1. The Bertz CT molecular complexity index is 645. The Kier molecular flexibility index (Phi) is 3.54. The van der Waals surface area contributed by atoms with E-state index < -0.39 is 9.84 Å². The highest BCUT2D eigenvalue weighted by Gasteiger charge is 2.51. The summed E-state index contributed by atoms with van der Waals surface area (Å²) in [6.07, 6.45) is 0. The molecule has 108 valence electrons. The quantitative estimate of drug-likeness (QED) is 0.740. The molecular formula is C13H15BrN2O2S2. The second-order valence-electron chi connectivity index (χ2n) is 5.13. The van der Waals surface area contributed by atoms with Gasteiger partial charge in [-0.05, 0) is 43.4 Å². The first kappa shape index (κ1) is 14.3. The van der Waals surface area contributed by atoms with E-state index in [-0.39, 0.29) is 23.6 Å². The van der Waals surface area contributed by atoms with E-state index in [2.05, 4.69) is 15.9 Å². The van der Waals surface area contributed by atoms with Gasteiger partial charge < -0.3 is 9.80 Å². The molecule has 0 bridgehead atoms. The minimum Gasteiger partial charge on any atom is -0.343 e. The molecule has 0 unspecified atom stereocenters. The van der Waals surface area contributed by atoms with Crippen LogP contribution in [0, 0.1) is 0 Å². The number of anilines is 1. The highest BCUT2D eigenvalue weighted by Crippen LogP contribution is 2.35. The van der Waals surface area contributed by atoms with Crippen molar-refractivity contribution < 1.29 is 8.42 Å². The molecule has 0 spiro atoms. The Morgan fingerprint density at radius 2 is 1.85 bits per heavy atom. The highest BCUT2D eigenvalue weighted by atomic mass is 79.9. The first-order valence-electron chi connectivity index (χ1n) is 6.49. The van der Waals surface area contributed by atoms with Crippen LogP contribution in [-0.2, 0) is 9.84 Å². The molecule has 0 saturated carbocycles. The van der Waals surface area contributed by atoms with E-state index >= 15 is 0 Å². The molecule has 0 aliphatic carbocycles. The molecule has 4 nitrogen and oxygen atoms in total. The molecule has 0 N–H and O–H groups in total. The molecule has 1 aromatic rings. The number of thiocarbonyl (C=S) groups is 1. The topological polar surface area (TPSA) is 40.6 Å². The summed E-state index contributed by atoms with van der Waals surface area (Å²) in [5.74, 6) is 0.392. The minimum atomic E-state index is -2.97. The van der Waals surface area contributed by atoms with Crippen molar-refractivity contribution in [2.75, 3.05) is 23.0 Å². The molecule has 7 heteroatoms. The van der Waals surface area contributed by atoms with Gasteiger partial charge in [-0.3, -0.25) is 0 Å². The lowest BCUT2D eigenvalue weighted by molar-refractivity contribution is 0.373. The third-order valence-electron chi connectivity index (χ3n) is 3.92. The molecule has 2 saturated heterocycles. The van der Waals surface area contributed by atoms with Gasteiger partial charge >= 0.3 is 0 Å². The maximum atomic E-state index is 11.9. The molecule has 3 rings (SSSR count). The van der Waals surface area contributed by atoms with Crippen molar-refractivity contribution in [1.82, 2.24) is 4.90 Å². The number of benzene rings is 1. The Hall–Kier alpha value is -0.660. The Labute approximate surface area is 132 Å². The van der Waals surface area contributed by atoms with Crippen LogP contribution in [0.5, 0.6) is 0 Å². The summed E-state index contributed by atoms with van der Waals surface area (Å²) < 4.78 is 24.9. The number of hydrogen-bond acceptors (Lipinski definition) is 3. The predicted octanol–water partition coefficient (Wildman–Crippen LogP) is 2.04. The monoisotopic (exact) mass is 374 g/mol. The van der Waals surface area contributed by atoms with Crippen LogP contribution in [-0.4, -0.2) is 48.6 Å². The van der Waals surface area contributed by atoms with Gasteiger partial charge in [0.25, 0.3) is 0 Å². The fourth-order valence-electron chi connectivity index (χ4n) is 3.05. The minimum absolute atomic E-state index is 0.0128. The number of nitrogens with zero attached hydrogens (tertiary/aromatic N) is 2. The van der Waals surface area contributed by atoms with Gasteiger partial charge in [0, 0.05) is 16.7 Å². The SMILES string of the molecule is CCN1C(=S)N(c2ccc(Br)cc2)[C@@H]2CS(=O)(=O)C[C@@H]21. The van der Waals surface area contributed by atoms with E-state index in [1.807, 2.05) is 41.0 Å². The largest absolute Gasteiger partial charge is 0.343 e. The standard InChI is InChI=1S/C13H15BrN2O2S2/c1-2-15-11-7-20(17,18)8-12(11)16(13(15)19)10-5-3-9(14)4-6-10/h3-6,11-12H,2,7-8H2,1H3/t11-,12+/m0/s1. The zero-order valence-corrected chi connectivity index (χ0v) is 14.2. The number of sulfone groups is 1. The van der Waals surface area contributed by atoms with Crippen LogP contribution in [0.2, 0.25) is 0 Å². The zero-order valence-electron chi connectivity index (χ0n) is 11.0. The molecule has 2 fully saturated rings. The molecule has 2 aliphatic rings. The molecular weight excluding hydrogens is 360 g/mol. The highest BCUT2D eigenvalue weighted by molar-refractivity contribution is 9.10. The maximum absolute atomic E-state index is 11.9. The van der Waals surface area contributed by atoms with Crippen LogP contribution in [0.4, 0.5) is 5.69 Å². The maximum Gasteiger partial charge on any atom is 0.176 e. The third kappa shape index (κ3) is 2.25. The fourth-order valence-corrected chi connectivity index (χ4v) is 5.77. The third-order valence-corrected chi connectivity index (χ3v) is 6.58. The molecule has 2 aliphatic heterocycles. The number of hydrogen-bond donors (Lipinski definition) is 0. The summed E-state index contributed by atoms with van der Waals surface area (Å²) in [5.41, 5.74) is 0.959. The lowest BCUT2D eigenvalue weighted by Crippen LogP contribution is -2.37. The average molecular weight is 375 g/mol. The van der Waals surface area contributed by atoms with Gasteiger partial charge in [0.2, 0.25) is 0 Å². The smallest absolute Gasteiger partial charge is 0.176 e. The second-order valence-corrected chi connectivity index (χ2v) is 8.56. The van der Waals surface area contributed by atoms with Gasteiger partial charge in [0.1, 0.15) is 0 Å². The molecule has 20 heavy (non-hydrogen) atoms. The van der Waals surface area contributed by atoms with Crippen LogP contribution in [0.3, 0.4) is 0 Å².